The fraction of sp³-hybridized carbons (Fsp3) is 0.231. The van der Waals surface area contributed by atoms with E-state index in [2.05, 4.69) is 5.10 Å². The van der Waals surface area contributed by atoms with Crippen LogP contribution in [0, 0.1) is 5.82 Å². The summed E-state index contributed by atoms with van der Waals surface area (Å²) in [6, 6.07) is 5.25. The lowest BCUT2D eigenvalue weighted by molar-refractivity contribution is -0.289. The molecule has 0 atom stereocenters. The molecule has 0 spiro atoms. The van der Waals surface area contributed by atoms with Gasteiger partial charge in [0.05, 0.1) is 11.3 Å². The van der Waals surface area contributed by atoms with Gasteiger partial charge in [-0.25, -0.2) is 9.49 Å². The highest BCUT2D eigenvalue weighted by Gasteiger charge is 2.60. The molecule has 1 aromatic carbocycles. The number of hydrogen-bond donors (Lipinski definition) is 1. The van der Waals surface area contributed by atoms with Gasteiger partial charge in [0.1, 0.15) is 5.82 Å². The summed E-state index contributed by atoms with van der Waals surface area (Å²) in [6.45, 7) is 0. The second kappa shape index (κ2) is 5.47. The molecule has 1 aromatic heterocycles. The Morgan fingerprint density at radius 1 is 1.05 bits per heavy atom. The van der Waals surface area contributed by atoms with E-state index < -0.39 is 29.0 Å². The van der Waals surface area contributed by atoms with Gasteiger partial charge in [0, 0.05) is 6.42 Å². The third-order valence-electron chi connectivity index (χ3n) is 2.85. The van der Waals surface area contributed by atoms with E-state index in [0.717, 1.165) is 12.1 Å². The topological polar surface area (TPSA) is 45.8 Å². The first-order valence-corrected chi connectivity index (χ1v) is 5.89. The van der Waals surface area contributed by atoms with E-state index in [1.807, 2.05) is 0 Å². The standard InChI is InChI=1S/C13H8F6N2O/c14-8-3-1-7(2-4-8)5-9-6-10(11(22)21-20-9)12(15,16)13(17,18)19/h1-4,6H,5H2,(H,21,22). The number of aromatic amines is 1. The molecule has 9 heteroatoms. The number of rotatable bonds is 3. The zero-order valence-corrected chi connectivity index (χ0v) is 10.7. The van der Waals surface area contributed by atoms with Gasteiger partial charge in [-0.1, -0.05) is 12.1 Å². The van der Waals surface area contributed by atoms with Crippen LogP contribution in [0.4, 0.5) is 26.3 Å². The molecule has 0 aliphatic carbocycles. The Balaban J connectivity index is 2.39. The maximum Gasteiger partial charge on any atom is 0.458 e. The molecule has 2 aromatic rings. The molecule has 0 aliphatic heterocycles. The second-order valence-corrected chi connectivity index (χ2v) is 4.48. The van der Waals surface area contributed by atoms with Gasteiger partial charge >= 0.3 is 12.1 Å². The van der Waals surface area contributed by atoms with E-state index in [1.165, 1.54) is 12.1 Å². The van der Waals surface area contributed by atoms with Crippen molar-refractivity contribution in [2.45, 2.75) is 18.5 Å². The minimum absolute atomic E-state index is 0.141. The molecule has 0 saturated heterocycles. The van der Waals surface area contributed by atoms with Crippen molar-refractivity contribution >= 4 is 0 Å². The number of nitrogens with one attached hydrogen (secondary N) is 1. The van der Waals surface area contributed by atoms with E-state index in [-0.39, 0.29) is 12.1 Å². The van der Waals surface area contributed by atoms with Crippen molar-refractivity contribution in [3.05, 3.63) is 63.3 Å². The van der Waals surface area contributed by atoms with Crippen LogP contribution in [-0.4, -0.2) is 16.4 Å². The largest absolute Gasteiger partial charge is 0.458 e. The predicted molar refractivity (Wildman–Crippen MR) is 64.0 cm³/mol. The number of halogens is 6. The SMILES string of the molecule is O=c1[nH]nc(Cc2ccc(F)cc2)cc1C(F)(F)C(F)(F)F. The van der Waals surface area contributed by atoms with Gasteiger partial charge < -0.3 is 0 Å². The van der Waals surface area contributed by atoms with Crippen LogP contribution < -0.4 is 5.56 Å². The zero-order chi connectivity index (χ0) is 16.5. The summed E-state index contributed by atoms with van der Waals surface area (Å²) >= 11 is 0. The Labute approximate surface area is 119 Å². The van der Waals surface area contributed by atoms with Crippen molar-refractivity contribution in [2.24, 2.45) is 0 Å². The number of aromatic nitrogens is 2. The van der Waals surface area contributed by atoms with Crippen molar-refractivity contribution in [3.63, 3.8) is 0 Å². The van der Waals surface area contributed by atoms with Gasteiger partial charge in [-0.2, -0.15) is 27.1 Å². The molecule has 0 unspecified atom stereocenters. The summed E-state index contributed by atoms with van der Waals surface area (Å²) in [6.07, 6.45) is -6.04. The highest BCUT2D eigenvalue weighted by atomic mass is 19.4. The molecule has 0 saturated carbocycles. The number of alkyl halides is 5. The molecular weight excluding hydrogens is 314 g/mol. The lowest BCUT2D eigenvalue weighted by Gasteiger charge is -2.19. The summed E-state index contributed by atoms with van der Waals surface area (Å²) in [4.78, 5) is 11.2. The molecule has 0 radical (unpaired) electrons. The Morgan fingerprint density at radius 3 is 2.18 bits per heavy atom. The molecule has 2 rings (SSSR count). The van der Waals surface area contributed by atoms with Gasteiger partial charge in [0.2, 0.25) is 0 Å². The third kappa shape index (κ3) is 3.12. The first-order valence-electron chi connectivity index (χ1n) is 5.89. The first-order chi connectivity index (χ1) is 10.1. The van der Waals surface area contributed by atoms with Crippen molar-refractivity contribution in [1.82, 2.24) is 10.2 Å². The van der Waals surface area contributed by atoms with Crippen LogP contribution in [0.2, 0.25) is 0 Å². The van der Waals surface area contributed by atoms with E-state index in [4.69, 9.17) is 0 Å². The molecule has 0 amide bonds. The average Bonchev–Trinajstić information content (AvgIpc) is 2.42. The van der Waals surface area contributed by atoms with Gasteiger partial charge in [-0.15, -0.1) is 0 Å². The Bertz CT molecular complexity index is 721. The molecule has 0 aliphatic rings. The monoisotopic (exact) mass is 322 g/mol. The quantitative estimate of drug-likeness (QED) is 0.883. The number of hydrogen-bond acceptors (Lipinski definition) is 2. The lowest BCUT2D eigenvalue weighted by atomic mass is 10.1. The lowest BCUT2D eigenvalue weighted by Crippen LogP contribution is -2.39. The van der Waals surface area contributed by atoms with Crippen LogP contribution in [0.25, 0.3) is 0 Å². The average molecular weight is 322 g/mol. The predicted octanol–water partition coefficient (Wildman–Crippen LogP) is 3.15. The summed E-state index contributed by atoms with van der Waals surface area (Å²) < 4.78 is 76.3. The molecule has 3 nitrogen and oxygen atoms in total. The maximum absolute atomic E-state index is 13.3. The molecule has 0 fully saturated rings. The zero-order valence-electron chi connectivity index (χ0n) is 10.7. The highest BCUT2D eigenvalue weighted by Crippen LogP contribution is 2.42. The van der Waals surface area contributed by atoms with E-state index in [9.17, 15) is 31.1 Å². The van der Waals surface area contributed by atoms with Gasteiger partial charge in [0.25, 0.3) is 5.56 Å². The number of benzene rings is 1. The first kappa shape index (κ1) is 16.1. The molecule has 22 heavy (non-hydrogen) atoms. The van der Waals surface area contributed by atoms with E-state index in [0.29, 0.717) is 11.6 Å². The van der Waals surface area contributed by atoms with Crippen molar-refractivity contribution in [3.8, 4) is 0 Å². The van der Waals surface area contributed by atoms with Crippen LogP contribution >= 0.6 is 0 Å². The Morgan fingerprint density at radius 2 is 1.64 bits per heavy atom. The van der Waals surface area contributed by atoms with Gasteiger partial charge in [-0.3, -0.25) is 4.79 Å². The molecule has 0 bridgehead atoms. The van der Waals surface area contributed by atoms with E-state index in [1.54, 1.807) is 5.10 Å². The highest BCUT2D eigenvalue weighted by molar-refractivity contribution is 5.26. The van der Waals surface area contributed by atoms with Crippen molar-refractivity contribution in [1.29, 1.82) is 0 Å². The van der Waals surface area contributed by atoms with Crippen LogP contribution in [0.5, 0.6) is 0 Å². The van der Waals surface area contributed by atoms with Crippen molar-refractivity contribution < 1.29 is 26.3 Å². The summed E-state index contributed by atoms with van der Waals surface area (Å²) in [5, 5.41) is 5.04. The Hall–Kier alpha value is -2.32. The smallest absolute Gasteiger partial charge is 0.267 e. The minimum atomic E-state index is -5.89. The van der Waals surface area contributed by atoms with Crippen LogP contribution in [0.3, 0.4) is 0 Å². The fourth-order valence-corrected chi connectivity index (χ4v) is 1.74. The number of nitrogens with zero attached hydrogens (tertiary/aromatic N) is 1. The van der Waals surface area contributed by atoms with Gasteiger partial charge in [0.15, 0.2) is 0 Å². The minimum Gasteiger partial charge on any atom is -0.267 e. The van der Waals surface area contributed by atoms with Crippen LogP contribution in [-0.2, 0) is 12.3 Å². The normalized spacial score (nSPS) is 12.5. The van der Waals surface area contributed by atoms with Crippen LogP contribution in [0.15, 0.2) is 35.1 Å². The van der Waals surface area contributed by atoms with E-state index >= 15 is 0 Å². The molecule has 1 heterocycles. The molecular formula is C13H8F6N2O. The number of H-pyrrole nitrogens is 1. The summed E-state index contributed by atoms with van der Waals surface area (Å²) in [5.41, 5.74) is -3.12. The summed E-state index contributed by atoms with van der Waals surface area (Å²) in [7, 11) is 0. The van der Waals surface area contributed by atoms with Crippen molar-refractivity contribution in [2.75, 3.05) is 0 Å². The third-order valence-corrected chi connectivity index (χ3v) is 2.85. The van der Waals surface area contributed by atoms with Gasteiger partial charge in [-0.05, 0) is 23.8 Å². The Kier molecular flexibility index (Phi) is 3.99. The summed E-state index contributed by atoms with van der Waals surface area (Å²) in [5.74, 6) is -5.82. The van der Waals surface area contributed by atoms with Crippen LogP contribution in [0.1, 0.15) is 16.8 Å². The molecule has 118 valence electrons. The fourth-order valence-electron chi connectivity index (χ4n) is 1.74. The molecule has 1 N–H and O–H groups in total. The second-order valence-electron chi connectivity index (χ2n) is 4.48. The maximum atomic E-state index is 13.3.